The Kier molecular flexibility index (Phi) is 5.48. The molecule has 2 aromatic rings. The number of hydrogen-bond donors (Lipinski definition) is 4. The minimum Gasteiger partial charge on any atom is -0.323 e. The summed E-state index contributed by atoms with van der Waals surface area (Å²) >= 11 is 0. The van der Waals surface area contributed by atoms with Crippen LogP contribution < -0.4 is 11.1 Å². The van der Waals surface area contributed by atoms with Crippen molar-refractivity contribution in [2.45, 2.75) is 32.4 Å². The zero-order valence-electron chi connectivity index (χ0n) is 13.8. The largest absolute Gasteiger partial charge is 0.416 e. The van der Waals surface area contributed by atoms with Gasteiger partial charge in [0, 0.05) is 6.54 Å². The molecule has 0 amide bonds. The summed E-state index contributed by atoms with van der Waals surface area (Å²) in [6.45, 7) is 2.71. The van der Waals surface area contributed by atoms with E-state index >= 15 is 0 Å². The van der Waals surface area contributed by atoms with E-state index in [4.69, 9.17) is 0 Å². The van der Waals surface area contributed by atoms with Crippen molar-refractivity contribution in [3.8, 4) is 0 Å². The highest BCUT2D eigenvalue weighted by atomic mass is 31.2. The molecule has 1 aromatic carbocycles. The Balaban J connectivity index is 2.67. The van der Waals surface area contributed by atoms with Crippen LogP contribution in [-0.2, 0) is 17.3 Å². The van der Waals surface area contributed by atoms with Gasteiger partial charge in [-0.05, 0) is 31.2 Å². The van der Waals surface area contributed by atoms with E-state index < -0.39 is 36.2 Å². The van der Waals surface area contributed by atoms with Gasteiger partial charge in [-0.1, -0.05) is 6.92 Å². The Morgan fingerprint density at radius 3 is 2.27 bits per heavy atom. The molecule has 0 saturated carbocycles. The number of aromatic amines is 2. The number of nitrogens with zero attached hydrogens (tertiary/aromatic N) is 1. The van der Waals surface area contributed by atoms with E-state index in [-0.39, 0.29) is 29.7 Å². The van der Waals surface area contributed by atoms with Gasteiger partial charge in [0.1, 0.15) is 5.78 Å². The second-order valence-electron chi connectivity index (χ2n) is 5.75. The van der Waals surface area contributed by atoms with E-state index in [2.05, 4.69) is 9.97 Å². The van der Waals surface area contributed by atoms with Gasteiger partial charge in [-0.3, -0.25) is 19.1 Å². The molecule has 1 aromatic heterocycles. The molecule has 0 spiro atoms. The molecular weight excluding hydrogens is 378 g/mol. The highest BCUT2D eigenvalue weighted by Gasteiger charge is 2.33. The minimum absolute atomic E-state index is 0.0228. The number of benzene rings is 1. The predicted octanol–water partition coefficient (Wildman–Crippen LogP) is 1.58. The zero-order valence-corrected chi connectivity index (χ0v) is 14.7. The van der Waals surface area contributed by atoms with E-state index in [1.807, 2.05) is 0 Å². The summed E-state index contributed by atoms with van der Waals surface area (Å²) in [4.78, 5) is 47.2. The molecule has 4 N–H and O–H groups in total. The van der Waals surface area contributed by atoms with E-state index in [0.29, 0.717) is 6.07 Å². The lowest BCUT2D eigenvalue weighted by atomic mass is 10.1. The predicted molar refractivity (Wildman–Crippen MR) is 87.8 cm³/mol. The molecule has 0 aliphatic carbocycles. The first-order chi connectivity index (χ1) is 11.8. The molecule has 0 saturated heterocycles. The summed E-state index contributed by atoms with van der Waals surface area (Å²) in [6.07, 6.45) is -4.71. The number of nitrogens with one attached hydrogen (secondary N) is 2. The van der Waals surface area contributed by atoms with Crippen LogP contribution in [-0.4, -0.2) is 37.0 Å². The maximum Gasteiger partial charge on any atom is 0.416 e. The average Bonchev–Trinajstić information content (AvgIpc) is 2.51. The second-order valence-corrected chi connectivity index (χ2v) is 7.67. The minimum atomic E-state index is -4.71. The number of fused-ring (bicyclic) bond motifs is 1. The molecule has 2 rings (SSSR count). The molecule has 1 atom stereocenters. The van der Waals surface area contributed by atoms with Crippen molar-refractivity contribution in [1.29, 1.82) is 0 Å². The lowest BCUT2D eigenvalue weighted by Crippen LogP contribution is -2.33. The fraction of sp³-hybridized carbons (Fsp3) is 0.429. The van der Waals surface area contributed by atoms with Crippen LogP contribution in [0, 0.1) is 0 Å². The second kappa shape index (κ2) is 6.99. The summed E-state index contributed by atoms with van der Waals surface area (Å²) in [5.74, 6) is -1.24. The zero-order chi connectivity index (χ0) is 19.9. The van der Waals surface area contributed by atoms with E-state index in [9.17, 15) is 37.1 Å². The first kappa shape index (κ1) is 20.4. The number of H-pyrrole nitrogens is 2. The van der Waals surface area contributed by atoms with Gasteiger partial charge in [0.05, 0.1) is 16.6 Å². The summed E-state index contributed by atoms with van der Waals surface area (Å²) < 4.78 is 50.9. The van der Waals surface area contributed by atoms with Crippen LogP contribution in [0.5, 0.6) is 0 Å². The SMILES string of the molecule is CCN(Cc1cc(C(F)(F)F)cc2[nH]c(=O)c(=O)[nH]c12)[C@@H](C)P(=O)(O)O. The third-order valence-corrected chi connectivity index (χ3v) is 5.34. The highest BCUT2D eigenvalue weighted by molar-refractivity contribution is 7.52. The van der Waals surface area contributed by atoms with Crippen LogP contribution in [0.3, 0.4) is 0 Å². The first-order valence-corrected chi connectivity index (χ1v) is 9.18. The third-order valence-electron chi connectivity index (χ3n) is 4.04. The normalized spacial score (nSPS) is 14.2. The topological polar surface area (TPSA) is 126 Å². The van der Waals surface area contributed by atoms with Gasteiger partial charge < -0.3 is 19.8 Å². The standard InChI is InChI=1S/C14H17F3N3O5P/c1-3-20(7(2)26(23,24)25)6-8-4-9(14(15,16)17)5-10-11(8)19-13(22)12(21)18-10/h4-5,7H,3,6H2,1-2H3,(H,18,21)(H,19,22)(H2,23,24,25)/t7-/m1/s1. The Bertz CT molecular complexity index is 978. The lowest BCUT2D eigenvalue weighted by molar-refractivity contribution is -0.137. The van der Waals surface area contributed by atoms with Gasteiger partial charge in [-0.25, -0.2) is 0 Å². The van der Waals surface area contributed by atoms with Crippen LogP contribution in [0.4, 0.5) is 13.2 Å². The van der Waals surface area contributed by atoms with Crippen molar-refractivity contribution in [1.82, 2.24) is 14.9 Å². The van der Waals surface area contributed by atoms with Gasteiger partial charge in [0.15, 0.2) is 0 Å². The summed E-state index contributed by atoms with van der Waals surface area (Å²) in [5.41, 5.74) is -3.46. The van der Waals surface area contributed by atoms with Crippen molar-refractivity contribution in [3.63, 3.8) is 0 Å². The monoisotopic (exact) mass is 395 g/mol. The summed E-state index contributed by atoms with van der Waals surface area (Å²) in [6, 6.07) is 1.48. The van der Waals surface area contributed by atoms with Gasteiger partial charge in [-0.15, -0.1) is 0 Å². The van der Waals surface area contributed by atoms with Crippen molar-refractivity contribution in [2.24, 2.45) is 0 Å². The third kappa shape index (κ3) is 4.24. The molecule has 0 aliphatic rings. The molecule has 0 bridgehead atoms. The van der Waals surface area contributed by atoms with Crippen LogP contribution in [0.15, 0.2) is 21.7 Å². The van der Waals surface area contributed by atoms with Gasteiger partial charge in [0.2, 0.25) is 0 Å². The smallest absolute Gasteiger partial charge is 0.323 e. The molecular formula is C14H17F3N3O5P. The highest BCUT2D eigenvalue weighted by Crippen LogP contribution is 2.43. The lowest BCUT2D eigenvalue weighted by Gasteiger charge is -2.28. The number of aromatic nitrogens is 2. The molecule has 1 heterocycles. The van der Waals surface area contributed by atoms with Crippen molar-refractivity contribution >= 4 is 18.6 Å². The first-order valence-electron chi connectivity index (χ1n) is 7.50. The molecule has 0 aliphatic heterocycles. The number of alkyl halides is 3. The molecule has 144 valence electrons. The van der Waals surface area contributed by atoms with Crippen LogP contribution >= 0.6 is 7.60 Å². The molecule has 0 radical (unpaired) electrons. The summed E-state index contributed by atoms with van der Waals surface area (Å²) in [5, 5.41) is 0. The maximum absolute atomic E-state index is 13.1. The average molecular weight is 395 g/mol. The quantitative estimate of drug-likeness (QED) is 0.450. The van der Waals surface area contributed by atoms with Gasteiger partial charge in [-0.2, -0.15) is 13.2 Å². The molecule has 26 heavy (non-hydrogen) atoms. The Morgan fingerprint density at radius 2 is 1.77 bits per heavy atom. The fourth-order valence-electron chi connectivity index (χ4n) is 2.53. The van der Waals surface area contributed by atoms with Crippen LogP contribution in [0.1, 0.15) is 25.0 Å². The maximum atomic E-state index is 13.1. The fourth-order valence-corrected chi connectivity index (χ4v) is 3.20. The molecule has 8 nitrogen and oxygen atoms in total. The van der Waals surface area contributed by atoms with Crippen molar-refractivity contribution < 1.29 is 27.5 Å². The van der Waals surface area contributed by atoms with E-state index in [1.165, 1.54) is 11.8 Å². The Labute approximate surface area is 144 Å². The van der Waals surface area contributed by atoms with Gasteiger partial charge in [0.25, 0.3) is 0 Å². The number of halogens is 3. The molecule has 0 fully saturated rings. The van der Waals surface area contributed by atoms with Gasteiger partial charge >= 0.3 is 24.9 Å². The van der Waals surface area contributed by atoms with E-state index in [0.717, 1.165) is 6.07 Å². The van der Waals surface area contributed by atoms with Crippen molar-refractivity contribution in [2.75, 3.05) is 6.54 Å². The Morgan fingerprint density at radius 1 is 1.19 bits per heavy atom. The Hall–Kier alpha value is -1.94. The number of rotatable bonds is 5. The summed E-state index contributed by atoms with van der Waals surface area (Å²) in [7, 11) is -4.51. The van der Waals surface area contributed by atoms with Crippen LogP contribution in [0.2, 0.25) is 0 Å². The number of hydrogen-bond acceptors (Lipinski definition) is 4. The van der Waals surface area contributed by atoms with Crippen LogP contribution in [0.25, 0.3) is 11.0 Å². The molecule has 12 heteroatoms. The van der Waals surface area contributed by atoms with E-state index in [1.54, 1.807) is 6.92 Å². The van der Waals surface area contributed by atoms with Crippen molar-refractivity contribution in [3.05, 3.63) is 44.0 Å². The molecule has 0 unspecified atom stereocenters.